The van der Waals surface area contributed by atoms with E-state index in [4.69, 9.17) is 4.74 Å². The summed E-state index contributed by atoms with van der Waals surface area (Å²) in [5.74, 6) is 0.444. The van der Waals surface area contributed by atoms with Crippen molar-refractivity contribution in [2.24, 2.45) is 0 Å². The van der Waals surface area contributed by atoms with Crippen molar-refractivity contribution in [3.8, 4) is 11.1 Å². The van der Waals surface area contributed by atoms with E-state index in [0.717, 1.165) is 12.1 Å². The highest BCUT2D eigenvalue weighted by Gasteiger charge is 2.32. The molecule has 0 unspecified atom stereocenters. The summed E-state index contributed by atoms with van der Waals surface area (Å²) in [5.41, 5.74) is 0.426. The van der Waals surface area contributed by atoms with E-state index < -0.39 is 17.3 Å². The highest BCUT2D eigenvalue weighted by Crippen LogP contribution is 2.33. The average Bonchev–Trinajstić information content (AvgIpc) is 3.12. The molecule has 2 N–H and O–H groups in total. The fraction of sp³-hybridized carbons (Fsp3) is 0.316. The maximum absolute atomic E-state index is 12.8. The average molecular weight is 390 g/mol. The Morgan fingerprint density at radius 2 is 1.79 bits per heavy atom. The molecule has 1 aliphatic heterocycles. The van der Waals surface area contributed by atoms with Crippen LogP contribution in [0.2, 0.25) is 0 Å². The van der Waals surface area contributed by atoms with Crippen molar-refractivity contribution in [2.75, 3.05) is 25.1 Å². The Hall–Kier alpha value is -2.78. The summed E-state index contributed by atoms with van der Waals surface area (Å²) in [7, 11) is 0. The molecule has 1 aromatic carbocycles. The molecule has 4 rings (SSSR count). The molecule has 3 heterocycles. The molecular formula is C19H17F3N4O2. The SMILES string of the molecule is O[C@]1(CNc2ncc(-c3ccc(C(F)(F)F)cc3)c3nccnc23)CCOC1. The molecule has 9 heteroatoms. The van der Waals surface area contributed by atoms with Gasteiger partial charge in [0.25, 0.3) is 0 Å². The molecule has 1 saturated heterocycles. The van der Waals surface area contributed by atoms with Crippen LogP contribution >= 0.6 is 0 Å². The number of rotatable bonds is 4. The van der Waals surface area contributed by atoms with Crippen LogP contribution in [0.15, 0.2) is 42.9 Å². The molecule has 3 aromatic rings. The summed E-state index contributed by atoms with van der Waals surface area (Å²) in [6, 6.07) is 4.83. The smallest absolute Gasteiger partial charge is 0.386 e. The van der Waals surface area contributed by atoms with Crippen molar-refractivity contribution in [3.05, 3.63) is 48.4 Å². The van der Waals surface area contributed by atoms with E-state index in [2.05, 4.69) is 20.3 Å². The Kier molecular flexibility index (Phi) is 4.64. The summed E-state index contributed by atoms with van der Waals surface area (Å²) in [6.07, 6.45) is 0.693. The molecule has 0 amide bonds. The minimum atomic E-state index is -4.39. The molecule has 0 saturated carbocycles. The Bertz CT molecular complexity index is 987. The maximum Gasteiger partial charge on any atom is 0.416 e. The van der Waals surface area contributed by atoms with Gasteiger partial charge >= 0.3 is 6.18 Å². The first-order valence-corrected chi connectivity index (χ1v) is 8.67. The van der Waals surface area contributed by atoms with Crippen LogP contribution < -0.4 is 5.32 Å². The Morgan fingerprint density at radius 1 is 1.07 bits per heavy atom. The zero-order chi connectivity index (χ0) is 19.8. The molecular weight excluding hydrogens is 373 g/mol. The number of benzene rings is 1. The molecule has 6 nitrogen and oxygen atoms in total. The number of pyridine rings is 1. The topological polar surface area (TPSA) is 80.2 Å². The lowest BCUT2D eigenvalue weighted by molar-refractivity contribution is -0.137. The van der Waals surface area contributed by atoms with Gasteiger partial charge in [0.15, 0.2) is 5.82 Å². The van der Waals surface area contributed by atoms with E-state index >= 15 is 0 Å². The van der Waals surface area contributed by atoms with Crippen LogP contribution in [-0.4, -0.2) is 45.4 Å². The molecule has 2 aromatic heterocycles. The standard InChI is InChI=1S/C19H17F3N4O2/c20-19(21,22)13-3-1-12(2-4-13)14-9-25-17(16-15(14)23-6-7-24-16)26-10-18(27)5-8-28-11-18/h1-4,6-7,9,27H,5,8,10-11H2,(H,25,26)/t18-/m0/s1. The van der Waals surface area contributed by atoms with E-state index in [-0.39, 0.29) is 13.2 Å². The Morgan fingerprint density at radius 3 is 2.43 bits per heavy atom. The van der Waals surface area contributed by atoms with E-state index in [9.17, 15) is 18.3 Å². The maximum atomic E-state index is 12.8. The number of aromatic nitrogens is 3. The molecule has 0 aliphatic carbocycles. The van der Waals surface area contributed by atoms with Crippen LogP contribution in [0.3, 0.4) is 0 Å². The number of hydrogen-bond acceptors (Lipinski definition) is 6. The summed E-state index contributed by atoms with van der Waals surface area (Å²) < 4.78 is 43.6. The fourth-order valence-electron chi connectivity index (χ4n) is 3.12. The van der Waals surface area contributed by atoms with Gasteiger partial charge in [-0.25, -0.2) is 9.97 Å². The lowest BCUT2D eigenvalue weighted by Gasteiger charge is -2.21. The number of anilines is 1. The van der Waals surface area contributed by atoms with Crippen molar-refractivity contribution < 1.29 is 23.0 Å². The second-order valence-corrected chi connectivity index (χ2v) is 6.73. The van der Waals surface area contributed by atoms with Gasteiger partial charge < -0.3 is 15.2 Å². The van der Waals surface area contributed by atoms with Gasteiger partial charge in [0.2, 0.25) is 0 Å². The number of nitrogens with zero attached hydrogens (tertiary/aromatic N) is 3. The summed E-state index contributed by atoms with van der Waals surface area (Å²) in [6.45, 7) is 0.984. The van der Waals surface area contributed by atoms with Gasteiger partial charge in [0.05, 0.1) is 12.2 Å². The van der Waals surface area contributed by atoms with E-state index in [1.165, 1.54) is 30.7 Å². The zero-order valence-electron chi connectivity index (χ0n) is 14.7. The minimum Gasteiger partial charge on any atom is -0.386 e. The third-order valence-corrected chi connectivity index (χ3v) is 4.69. The van der Waals surface area contributed by atoms with Crippen molar-refractivity contribution in [3.63, 3.8) is 0 Å². The largest absolute Gasteiger partial charge is 0.416 e. The van der Waals surface area contributed by atoms with E-state index in [1.807, 2.05) is 0 Å². The van der Waals surface area contributed by atoms with Crippen molar-refractivity contribution >= 4 is 16.9 Å². The number of halogens is 3. The lowest BCUT2D eigenvalue weighted by atomic mass is 10.0. The number of nitrogens with one attached hydrogen (secondary N) is 1. The van der Waals surface area contributed by atoms with Crippen LogP contribution in [0.4, 0.5) is 19.0 Å². The highest BCUT2D eigenvalue weighted by atomic mass is 19.4. The van der Waals surface area contributed by atoms with E-state index in [0.29, 0.717) is 41.0 Å². The minimum absolute atomic E-state index is 0.241. The van der Waals surface area contributed by atoms with Gasteiger partial charge in [-0.1, -0.05) is 12.1 Å². The normalized spacial score (nSPS) is 19.9. The summed E-state index contributed by atoms with van der Waals surface area (Å²) >= 11 is 0. The number of hydrogen-bond donors (Lipinski definition) is 2. The third-order valence-electron chi connectivity index (χ3n) is 4.69. The second kappa shape index (κ2) is 6.99. The van der Waals surface area contributed by atoms with Crippen molar-refractivity contribution in [1.29, 1.82) is 0 Å². The molecule has 1 fully saturated rings. The fourth-order valence-corrected chi connectivity index (χ4v) is 3.12. The van der Waals surface area contributed by atoms with Crippen LogP contribution in [-0.2, 0) is 10.9 Å². The number of ether oxygens (including phenoxy) is 1. The summed E-state index contributed by atoms with van der Waals surface area (Å²) in [5, 5.41) is 13.5. The predicted octanol–water partition coefficient (Wildman–Crippen LogP) is 3.27. The molecule has 28 heavy (non-hydrogen) atoms. The van der Waals surface area contributed by atoms with E-state index in [1.54, 1.807) is 0 Å². The van der Waals surface area contributed by atoms with Crippen LogP contribution in [0.25, 0.3) is 22.2 Å². The molecule has 1 aliphatic rings. The first kappa shape index (κ1) is 18.6. The molecule has 0 radical (unpaired) electrons. The Labute approximate surface area is 158 Å². The monoisotopic (exact) mass is 390 g/mol. The van der Waals surface area contributed by atoms with Crippen molar-refractivity contribution in [1.82, 2.24) is 15.0 Å². The quantitative estimate of drug-likeness (QED) is 0.712. The number of alkyl halides is 3. The van der Waals surface area contributed by atoms with Crippen molar-refractivity contribution in [2.45, 2.75) is 18.2 Å². The summed E-state index contributed by atoms with van der Waals surface area (Å²) in [4.78, 5) is 13.0. The molecule has 0 spiro atoms. The van der Waals surface area contributed by atoms with Crippen LogP contribution in [0.1, 0.15) is 12.0 Å². The zero-order valence-corrected chi connectivity index (χ0v) is 14.7. The van der Waals surface area contributed by atoms with Gasteiger partial charge in [-0.2, -0.15) is 13.2 Å². The van der Waals surface area contributed by atoms with Gasteiger partial charge in [-0.3, -0.25) is 4.98 Å². The molecule has 0 bridgehead atoms. The second-order valence-electron chi connectivity index (χ2n) is 6.73. The lowest BCUT2D eigenvalue weighted by Crippen LogP contribution is -2.37. The van der Waals surface area contributed by atoms with Gasteiger partial charge in [0, 0.05) is 43.7 Å². The highest BCUT2D eigenvalue weighted by molar-refractivity contribution is 5.96. The number of fused-ring (bicyclic) bond motifs is 1. The molecule has 146 valence electrons. The van der Waals surface area contributed by atoms with Gasteiger partial charge in [-0.15, -0.1) is 0 Å². The van der Waals surface area contributed by atoms with Crippen LogP contribution in [0, 0.1) is 0 Å². The first-order chi connectivity index (χ1) is 13.4. The number of aliphatic hydroxyl groups is 1. The van der Waals surface area contributed by atoms with Gasteiger partial charge in [-0.05, 0) is 17.7 Å². The third kappa shape index (κ3) is 3.63. The van der Waals surface area contributed by atoms with Crippen LogP contribution in [0.5, 0.6) is 0 Å². The predicted molar refractivity (Wildman–Crippen MR) is 96.6 cm³/mol. The first-order valence-electron chi connectivity index (χ1n) is 8.67. The Balaban J connectivity index is 1.67. The molecule has 1 atom stereocenters. The van der Waals surface area contributed by atoms with Gasteiger partial charge in [0.1, 0.15) is 16.6 Å².